The third-order valence-corrected chi connectivity index (χ3v) is 3.10. The zero-order chi connectivity index (χ0) is 18.1. The summed E-state index contributed by atoms with van der Waals surface area (Å²) >= 11 is 0. The highest BCUT2D eigenvalue weighted by Gasteiger charge is 2.14. The van der Waals surface area contributed by atoms with Crippen molar-refractivity contribution in [3.05, 3.63) is 23.8 Å². The fourth-order valence-corrected chi connectivity index (χ4v) is 1.85. The maximum atomic E-state index is 11.5. The predicted molar refractivity (Wildman–Crippen MR) is 84.9 cm³/mol. The standard InChI is InChI=1S/C16H17N3O6/c1-11(12-3-4-13-14(7-12)24-10-23-13)19-25-9-16(21)22-8-15(20)18-6-2-5-17/h3-4,7H,2,6,8-10H2,1H3,(H,18,20)/b19-11-. The normalized spacial score (nSPS) is 12.2. The van der Waals surface area contributed by atoms with Gasteiger partial charge in [-0.3, -0.25) is 4.79 Å². The van der Waals surface area contributed by atoms with Gasteiger partial charge in [-0.1, -0.05) is 5.16 Å². The molecule has 25 heavy (non-hydrogen) atoms. The number of fused-ring (bicyclic) bond motifs is 1. The van der Waals surface area contributed by atoms with Crippen LogP contribution in [0.5, 0.6) is 11.5 Å². The number of rotatable bonds is 8. The number of carbonyl (C=O) groups excluding carboxylic acids is 2. The highest BCUT2D eigenvalue weighted by molar-refractivity contribution is 5.99. The second-order valence-electron chi connectivity index (χ2n) is 4.94. The Hall–Kier alpha value is -3.28. The third kappa shape index (κ3) is 5.69. The number of hydrogen-bond acceptors (Lipinski definition) is 8. The Morgan fingerprint density at radius 1 is 1.32 bits per heavy atom. The largest absolute Gasteiger partial charge is 0.454 e. The monoisotopic (exact) mass is 347 g/mol. The summed E-state index contributed by atoms with van der Waals surface area (Å²) in [5.41, 5.74) is 1.30. The third-order valence-electron chi connectivity index (χ3n) is 3.10. The quantitative estimate of drug-likeness (QED) is 0.318. The van der Waals surface area contributed by atoms with Gasteiger partial charge in [0, 0.05) is 12.1 Å². The zero-order valence-electron chi connectivity index (χ0n) is 13.6. The number of oxime groups is 1. The SMILES string of the molecule is C/C(=N/OCC(=O)OCC(=O)NCCC#N)c1ccc2c(c1)OCO2. The van der Waals surface area contributed by atoms with Crippen LogP contribution in [0.25, 0.3) is 0 Å². The molecular weight excluding hydrogens is 330 g/mol. The van der Waals surface area contributed by atoms with Gasteiger partial charge in [0.1, 0.15) is 0 Å². The number of ether oxygens (including phenoxy) is 3. The second-order valence-corrected chi connectivity index (χ2v) is 4.94. The number of nitrogens with zero attached hydrogens (tertiary/aromatic N) is 2. The van der Waals surface area contributed by atoms with Gasteiger partial charge in [0.05, 0.1) is 18.2 Å². The van der Waals surface area contributed by atoms with Crippen molar-refractivity contribution >= 4 is 17.6 Å². The number of amides is 1. The molecule has 1 aliphatic rings. The van der Waals surface area contributed by atoms with E-state index < -0.39 is 25.1 Å². The number of hydrogen-bond donors (Lipinski definition) is 1. The Morgan fingerprint density at radius 3 is 2.92 bits per heavy atom. The molecule has 0 saturated carbocycles. The smallest absolute Gasteiger partial charge is 0.347 e. The van der Waals surface area contributed by atoms with E-state index in [0.717, 1.165) is 5.56 Å². The number of benzene rings is 1. The maximum absolute atomic E-state index is 11.5. The Labute approximate surface area is 144 Å². The van der Waals surface area contributed by atoms with E-state index in [1.54, 1.807) is 25.1 Å². The van der Waals surface area contributed by atoms with Crippen molar-refractivity contribution in [2.45, 2.75) is 13.3 Å². The van der Waals surface area contributed by atoms with E-state index in [-0.39, 0.29) is 19.8 Å². The highest BCUT2D eigenvalue weighted by atomic mass is 16.7. The predicted octanol–water partition coefficient (Wildman–Crippen LogP) is 0.729. The minimum atomic E-state index is -0.724. The fourth-order valence-electron chi connectivity index (χ4n) is 1.85. The number of esters is 1. The van der Waals surface area contributed by atoms with Gasteiger partial charge in [-0.2, -0.15) is 5.26 Å². The van der Waals surface area contributed by atoms with Crippen LogP contribution in [0.2, 0.25) is 0 Å². The molecule has 0 spiro atoms. The summed E-state index contributed by atoms with van der Waals surface area (Å²) in [6.45, 7) is 1.25. The molecule has 0 saturated heterocycles. The first kappa shape index (κ1) is 18.1. The van der Waals surface area contributed by atoms with Gasteiger partial charge in [0.25, 0.3) is 5.91 Å². The molecule has 1 amide bonds. The van der Waals surface area contributed by atoms with Crippen LogP contribution >= 0.6 is 0 Å². The molecule has 2 rings (SSSR count). The molecule has 0 bridgehead atoms. The van der Waals surface area contributed by atoms with E-state index in [0.29, 0.717) is 17.2 Å². The number of carbonyl (C=O) groups is 2. The zero-order valence-corrected chi connectivity index (χ0v) is 13.6. The summed E-state index contributed by atoms with van der Waals surface area (Å²) in [7, 11) is 0. The lowest BCUT2D eigenvalue weighted by Gasteiger charge is -2.05. The van der Waals surface area contributed by atoms with Gasteiger partial charge in [-0.05, 0) is 25.1 Å². The summed E-state index contributed by atoms with van der Waals surface area (Å²) in [6.07, 6.45) is 0.191. The van der Waals surface area contributed by atoms with Gasteiger partial charge in [-0.15, -0.1) is 0 Å². The van der Waals surface area contributed by atoms with Crippen LogP contribution in [-0.4, -0.2) is 44.1 Å². The molecule has 132 valence electrons. The lowest BCUT2D eigenvalue weighted by atomic mass is 10.1. The Kier molecular flexibility index (Phi) is 6.59. The van der Waals surface area contributed by atoms with Crippen molar-refractivity contribution in [3.63, 3.8) is 0 Å². The first-order valence-corrected chi connectivity index (χ1v) is 7.46. The van der Waals surface area contributed by atoms with Crippen LogP contribution in [0.15, 0.2) is 23.4 Å². The Balaban J connectivity index is 1.72. The molecule has 0 atom stereocenters. The summed E-state index contributed by atoms with van der Waals surface area (Å²) in [5.74, 6) is 0.0734. The molecule has 1 aliphatic heterocycles. The highest BCUT2D eigenvalue weighted by Crippen LogP contribution is 2.32. The van der Waals surface area contributed by atoms with Crippen molar-refractivity contribution in [3.8, 4) is 17.6 Å². The molecule has 0 aromatic heterocycles. The van der Waals surface area contributed by atoms with E-state index in [4.69, 9.17) is 24.3 Å². The van der Waals surface area contributed by atoms with Crippen LogP contribution in [0.3, 0.4) is 0 Å². The first-order valence-electron chi connectivity index (χ1n) is 7.46. The molecule has 1 N–H and O–H groups in total. The molecule has 0 radical (unpaired) electrons. The van der Waals surface area contributed by atoms with Gasteiger partial charge in [-0.25, -0.2) is 4.79 Å². The van der Waals surface area contributed by atoms with Gasteiger partial charge in [0.15, 0.2) is 18.1 Å². The molecule has 1 heterocycles. The Morgan fingerprint density at radius 2 is 2.12 bits per heavy atom. The van der Waals surface area contributed by atoms with Crippen LogP contribution < -0.4 is 14.8 Å². The molecule has 0 aliphatic carbocycles. The molecule has 1 aromatic carbocycles. The summed E-state index contributed by atoms with van der Waals surface area (Å²) in [5, 5.41) is 14.6. The summed E-state index contributed by atoms with van der Waals surface area (Å²) in [4.78, 5) is 27.7. The maximum Gasteiger partial charge on any atom is 0.347 e. The van der Waals surface area contributed by atoms with Crippen molar-refractivity contribution < 1.29 is 28.6 Å². The van der Waals surface area contributed by atoms with Gasteiger partial charge in [0.2, 0.25) is 13.4 Å². The van der Waals surface area contributed by atoms with Crippen molar-refractivity contribution in [1.29, 1.82) is 5.26 Å². The molecule has 9 heteroatoms. The first-order chi connectivity index (χ1) is 12.1. The van der Waals surface area contributed by atoms with E-state index in [1.165, 1.54) is 0 Å². The minimum Gasteiger partial charge on any atom is -0.454 e. The average Bonchev–Trinajstić information content (AvgIpc) is 3.07. The van der Waals surface area contributed by atoms with Gasteiger partial charge >= 0.3 is 5.97 Å². The van der Waals surface area contributed by atoms with Crippen LogP contribution in [0.1, 0.15) is 18.9 Å². The Bertz CT molecular complexity index is 710. The molecule has 9 nitrogen and oxygen atoms in total. The van der Waals surface area contributed by atoms with Crippen LogP contribution in [0, 0.1) is 11.3 Å². The minimum absolute atomic E-state index is 0.182. The van der Waals surface area contributed by atoms with Crippen molar-refractivity contribution in [2.24, 2.45) is 5.16 Å². The second kappa shape index (κ2) is 9.12. The summed E-state index contributed by atoms with van der Waals surface area (Å²) in [6, 6.07) is 7.19. The lowest BCUT2D eigenvalue weighted by molar-refractivity contribution is -0.152. The molecule has 0 fully saturated rings. The van der Waals surface area contributed by atoms with Crippen LogP contribution in [-0.2, 0) is 19.2 Å². The van der Waals surface area contributed by atoms with Crippen molar-refractivity contribution in [1.82, 2.24) is 5.32 Å². The number of nitrogens with one attached hydrogen (secondary N) is 1. The molecular formula is C16H17N3O6. The van der Waals surface area contributed by atoms with E-state index in [2.05, 4.69) is 10.5 Å². The number of nitriles is 1. The van der Waals surface area contributed by atoms with Gasteiger partial charge < -0.3 is 24.4 Å². The van der Waals surface area contributed by atoms with E-state index in [9.17, 15) is 9.59 Å². The summed E-state index contributed by atoms with van der Waals surface area (Å²) < 4.78 is 15.2. The van der Waals surface area contributed by atoms with Crippen molar-refractivity contribution in [2.75, 3.05) is 26.6 Å². The fraction of sp³-hybridized carbons (Fsp3) is 0.375. The van der Waals surface area contributed by atoms with E-state index in [1.807, 2.05) is 6.07 Å². The topological polar surface area (TPSA) is 119 Å². The average molecular weight is 347 g/mol. The molecule has 1 aromatic rings. The van der Waals surface area contributed by atoms with E-state index >= 15 is 0 Å². The van der Waals surface area contributed by atoms with Crippen LogP contribution in [0.4, 0.5) is 0 Å². The lowest BCUT2D eigenvalue weighted by Crippen LogP contribution is -2.30. The molecule has 0 unspecified atom stereocenters.